The predicted molar refractivity (Wildman–Crippen MR) is 55.4 cm³/mol. The van der Waals surface area contributed by atoms with Crippen LogP contribution in [-0.2, 0) is 6.54 Å². The fraction of sp³-hybridized carbons (Fsp3) is 0.333. The van der Waals surface area contributed by atoms with E-state index in [0.29, 0.717) is 6.04 Å². The molecule has 0 fully saturated rings. The molecule has 1 N–H and O–H groups in total. The molecule has 0 aromatic heterocycles. The van der Waals surface area contributed by atoms with E-state index in [-0.39, 0.29) is 0 Å². The van der Waals surface area contributed by atoms with Gasteiger partial charge in [-0.05, 0) is 18.4 Å². The Balaban J connectivity index is 1.82. The summed E-state index contributed by atoms with van der Waals surface area (Å²) in [7, 11) is 0. The molecule has 1 heteroatoms. The molecule has 68 valence electrons. The molecule has 1 aliphatic carbocycles. The first-order chi connectivity index (χ1) is 6.45. The van der Waals surface area contributed by atoms with Crippen molar-refractivity contribution in [2.75, 3.05) is 0 Å². The van der Waals surface area contributed by atoms with Crippen molar-refractivity contribution in [1.82, 2.24) is 5.32 Å². The van der Waals surface area contributed by atoms with E-state index in [1.165, 1.54) is 18.4 Å². The van der Waals surface area contributed by atoms with Crippen LogP contribution in [0.4, 0.5) is 0 Å². The van der Waals surface area contributed by atoms with Crippen LogP contribution in [0.2, 0.25) is 0 Å². The number of hydrogen-bond donors (Lipinski definition) is 1. The molecule has 0 saturated heterocycles. The van der Waals surface area contributed by atoms with Crippen LogP contribution in [0.15, 0.2) is 42.5 Å². The Morgan fingerprint density at radius 1 is 1.23 bits per heavy atom. The standard InChI is InChI=1S/C12H15N/c1-2-6-11(7-3-1)10-13-12-8-4-5-9-12/h1-4,6-8,12-13H,5,9-10H2. The highest BCUT2D eigenvalue weighted by molar-refractivity contribution is 5.15. The molecule has 13 heavy (non-hydrogen) atoms. The van der Waals surface area contributed by atoms with Crippen molar-refractivity contribution in [1.29, 1.82) is 0 Å². The highest BCUT2D eigenvalue weighted by Gasteiger charge is 2.06. The van der Waals surface area contributed by atoms with Gasteiger partial charge < -0.3 is 5.32 Å². The summed E-state index contributed by atoms with van der Waals surface area (Å²) in [6.07, 6.45) is 7.00. The first kappa shape index (κ1) is 8.52. The zero-order chi connectivity index (χ0) is 8.93. The summed E-state index contributed by atoms with van der Waals surface area (Å²) in [4.78, 5) is 0. The van der Waals surface area contributed by atoms with Gasteiger partial charge in [0.15, 0.2) is 0 Å². The van der Waals surface area contributed by atoms with Gasteiger partial charge in [-0.1, -0.05) is 42.5 Å². The Labute approximate surface area is 79.5 Å². The van der Waals surface area contributed by atoms with Gasteiger partial charge in [0.25, 0.3) is 0 Å². The van der Waals surface area contributed by atoms with E-state index in [4.69, 9.17) is 0 Å². The average Bonchev–Trinajstić information content (AvgIpc) is 2.69. The van der Waals surface area contributed by atoms with Gasteiger partial charge >= 0.3 is 0 Å². The van der Waals surface area contributed by atoms with E-state index in [1.54, 1.807) is 0 Å². The molecule has 2 rings (SSSR count). The number of rotatable bonds is 3. The zero-order valence-corrected chi connectivity index (χ0v) is 7.74. The van der Waals surface area contributed by atoms with Crippen LogP contribution < -0.4 is 5.32 Å². The van der Waals surface area contributed by atoms with E-state index in [9.17, 15) is 0 Å². The van der Waals surface area contributed by atoms with Gasteiger partial charge in [0, 0.05) is 12.6 Å². The quantitative estimate of drug-likeness (QED) is 0.692. The molecule has 0 saturated carbocycles. The van der Waals surface area contributed by atoms with Crippen molar-refractivity contribution in [2.24, 2.45) is 0 Å². The Morgan fingerprint density at radius 3 is 2.77 bits per heavy atom. The fourth-order valence-electron chi connectivity index (χ4n) is 1.65. The van der Waals surface area contributed by atoms with Crippen molar-refractivity contribution in [3.05, 3.63) is 48.0 Å². The van der Waals surface area contributed by atoms with Gasteiger partial charge in [0.2, 0.25) is 0 Å². The largest absolute Gasteiger partial charge is 0.306 e. The van der Waals surface area contributed by atoms with Crippen LogP contribution >= 0.6 is 0 Å². The first-order valence-corrected chi connectivity index (χ1v) is 4.89. The minimum Gasteiger partial charge on any atom is -0.306 e. The van der Waals surface area contributed by atoms with Gasteiger partial charge in [0.1, 0.15) is 0 Å². The summed E-state index contributed by atoms with van der Waals surface area (Å²) < 4.78 is 0. The van der Waals surface area contributed by atoms with Crippen molar-refractivity contribution < 1.29 is 0 Å². The molecule has 1 aromatic rings. The van der Waals surface area contributed by atoms with Gasteiger partial charge in [-0.2, -0.15) is 0 Å². The maximum atomic E-state index is 3.51. The molecule has 0 spiro atoms. The highest BCUT2D eigenvalue weighted by atomic mass is 14.9. The number of benzene rings is 1. The minimum atomic E-state index is 0.597. The SMILES string of the molecule is C1=CC(NCc2ccccc2)CC1. The van der Waals surface area contributed by atoms with Crippen molar-refractivity contribution in [3.8, 4) is 0 Å². The second kappa shape index (κ2) is 4.24. The minimum absolute atomic E-state index is 0.597. The molecular formula is C12H15N. The summed E-state index contributed by atoms with van der Waals surface area (Å²) in [5, 5.41) is 3.51. The summed E-state index contributed by atoms with van der Waals surface area (Å²) >= 11 is 0. The molecule has 0 aliphatic heterocycles. The molecule has 1 aliphatic rings. The van der Waals surface area contributed by atoms with Crippen LogP contribution in [0, 0.1) is 0 Å². The average molecular weight is 173 g/mol. The second-order valence-corrected chi connectivity index (χ2v) is 3.48. The Morgan fingerprint density at radius 2 is 2.08 bits per heavy atom. The van der Waals surface area contributed by atoms with Crippen LogP contribution in [0.3, 0.4) is 0 Å². The van der Waals surface area contributed by atoms with Gasteiger partial charge in [-0.15, -0.1) is 0 Å². The lowest BCUT2D eigenvalue weighted by Crippen LogP contribution is -2.24. The normalized spacial score (nSPS) is 20.8. The molecule has 1 nitrogen and oxygen atoms in total. The number of hydrogen-bond acceptors (Lipinski definition) is 1. The lowest BCUT2D eigenvalue weighted by molar-refractivity contribution is 0.582. The Bertz CT molecular complexity index is 276. The lowest BCUT2D eigenvalue weighted by Gasteiger charge is -2.09. The van der Waals surface area contributed by atoms with E-state index < -0.39 is 0 Å². The summed E-state index contributed by atoms with van der Waals surface area (Å²) in [5.41, 5.74) is 1.36. The Hall–Kier alpha value is -1.08. The summed E-state index contributed by atoms with van der Waals surface area (Å²) in [5.74, 6) is 0. The topological polar surface area (TPSA) is 12.0 Å². The molecule has 1 atom stereocenters. The van der Waals surface area contributed by atoms with Crippen LogP contribution in [0.25, 0.3) is 0 Å². The van der Waals surface area contributed by atoms with Gasteiger partial charge in [0.05, 0.1) is 0 Å². The molecular weight excluding hydrogens is 158 g/mol. The molecule has 0 amide bonds. The summed E-state index contributed by atoms with van der Waals surface area (Å²) in [6, 6.07) is 11.1. The summed E-state index contributed by atoms with van der Waals surface area (Å²) in [6.45, 7) is 0.982. The molecule has 1 aromatic carbocycles. The molecule has 0 heterocycles. The molecule has 0 bridgehead atoms. The van der Waals surface area contributed by atoms with Crippen molar-refractivity contribution in [2.45, 2.75) is 25.4 Å². The lowest BCUT2D eigenvalue weighted by atomic mass is 10.2. The smallest absolute Gasteiger partial charge is 0.0256 e. The van der Waals surface area contributed by atoms with Gasteiger partial charge in [-0.3, -0.25) is 0 Å². The monoisotopic (exact) mass is 173 g/mol. The third kappa shape index (κ3) is 2.43. The third-order valence-electron chi connectivity index (χ3n) is 2.42. The van der Waals surface area contributed by atoms with Crippen LogP contribution in [0.5, 0.6) is 0 Å². The van der Waals surface area contributed by atoms with Crippen molar-refractivity contribution in [3.63, 3.8) is 0 Å². The number of nitrogens with one attached hydrogen (secondary N) is 1. The zero-order valence-electron chi connectivity index (χ0n) is 7.74. The first-order valence-electron chi connectivity index (χ1n) is 4.89. The molecule has 1 unspecified atom stereocenters. The predicted octanol–water partition coefficient (Wildman–Crippen LogP) is 2.49. The highest BCUT2D eigenvalue weighted by Crippen LogP contribution is 2.09. The second-order valence-electron chi connectivity index (χ2n) is 3.48. The maximum Gasteiger partial charge on any atom is 0.0256 e. The van der Waals surface area contributed by atoms with E-state index >= 15 is 0 Å². The maximum absolute atomic E-state index is 3.51. The van der Waals surface area contributed by atoms with Crippen LogP contribution in [0.1, 0.15) is 18.4 Å². The van der Waals surface area contributed by atoms with E-state index in [1.807, 2.05) is 0 Å². The van der Waals surface area contributed by atoms with Gasteiger partial charge in [-0.25, -0.2) is 0 Å². The van der Waals surface area contributed by atoms with E-state index in [0.717, 1.165) is 6.54 Å². The van der Waals surface area contributed by atoms with E-state index in [2.05, 4.69) is 47.8 Å². The van der Waals surface area contributed by atoms with Crippen LogP contribution in [-0.4, -0.2) is 6.04 Å². The number of allylic oxidation sites excluding steroid dienone is 1. The molecule has 0 radical (unpaired) electrons. The Kier molecular flexibility index (Phi) is 2.78. The van der Waals surface area contributed by atoms with Crippen molar-refractivity contribution >= 4 is 0 Å². The fourth-order valence-corrected chi connectivity index (χ4v) is 1.65. The third-order valence-corrected chi connectivity index (χ3v) is 2.42.